The zero-order chi connectivity index (χ0) is 12.8. The fraction of sp³-hybridized carbons (Fsp3) is 0.538. The summed E-state index contributed by atoms with van der Waals surface area (Å²) in [6, 6.07) is 5.90. The van der Waals surface area contributed by atoms with Crippen molar-refractivity contribution in [2.45, 2.75) is 26.9 Å². The number of aromatic nitrogens is 1. The van der Waals surface area contributed by atoms with Crippen molar-refractivity contribution in [3.8, 4) is 6.07 Å². The molecule has 1 heterocycles. The number of aliphatic hydroxyl groups excluding tert-OH is 1. The maximum atomic E-state index is 9.71. The molecule has 2 unspecified atom stereocenters. The minimum absolute atomic E-state index is 0.0567. The topological polar surface area (TPSA) is 60.2 Å². The van der Waals surface area contributed by atoms with Gasteiger partial charge >= 0.3 is 0 Å². The summed E-state index contributed by atoms with van der Waals surface area (Å²) in [7, 11) is 0. The van der Waals surface area contributed by atoms with Gasteiger partial charge in [0.15, 0.2) is 0 Å². The molecular weight excluding hydrogens is 214 g/mol. The van der Waals surface area contributed by atoms with E-state index in [0.29, 0.717) is 6.54 Å². The maximum Gasteiger partial charge on any atom is 0.134 e. The molecule has 0 amide bonds. The molecule has 4 heteroatoms. The Hall–Kier alpha value is -1.60. The molecule has 17 heavy (non-hydrogen) atoms. The molecule has 0 spiro atoms. The average Bonchev–Trinajstić information content (AvgIpc) is 2.35. The monoisotopic (exact) mass is 233 g/mol. The van der Waals surface area contributed by atoms with Crippen molar-refractivity contribution >= 4 is 5.82 Å². The van der Waals surface area contributed by atoms with E-state index in [1.54, 1.807) is 13.1 Å². The van der Waals surface area contributed by atoms with Crippen LogP contribution in [0.2, 0.25) is 0 Å². The molecule has 0 radical (unpaired) electrons. The Kier molecular flexibility index (Phi) is 4.92. The molecule has 2 atom stereocenters. The van der Waals surface area contributed by atoms with Gasteiger partial charge in [0, 0.05) is 24.8 Å². The van der Waals surface area contributed by atoms with Crippen LogP contribution in [0.25, 0.3) is 0 Å². The van der Waals surface area contributed by atoms with E-state index in [1.807, 2.05) is 30.9 Å². The molecule has 0 saturated heterocycles. The zero-order valence-electron chi connectivity index (χ0n) is 10.6. The lowest BCUT2D eigenvalue weighted by molar-refractivity contribution is 0.199. The van der Waals surface area contributed by atoms with Crippen LogP contribution in [0.3, 0.4) is 0 Å². The molecule has 0 saturated carbocycles. The van der Waals surface area contributed by atoms with Gasteiger partial charge in [-0.15, -0.1) is 0 Å². The lowest BCUT2D eigenvalue weighted by atomic mass is 10.1. The Morgan fingerprint density at radius 1 is 1.53 bits per heavy atom. The molecule has 0 aliphatic carbocycles. The van der Waals surface area contributed by atoms with E-state index in [-0.39, 0.29) is 5.92 Å². The first kappa shape index (κ1) is 13.5. The summed E-state index contributed by atoms with van der Waals surface area (Å²) in [6.07, 6.45) is 1.16. The van der Waals surface area contributed by atoms with Crippen LogP contribution >= 0.6 is 0 Å². The quantitative estimate of drug-likeness (QED) is 0.846. The Labute approximate surface area is 103 Å². The van der Waals surface area contributed by atoms with Gasteiger partial charge in [-0.1, -0.05) is 6.07 Å². The van der Waals surface area contributed by atoms with Gasteiger partial charge in [0.2, 0.25) is 0 Å². The van der Waals surface area contributed by atoms with E-state index in [1.165, 1.54) is 0 Å². The van der Waals surface area contributed by atoms with Crippen LogP contribution in [-0.2, 0) is 0 Å². The summed E-state index contributed by atoms with van der Waals surface area (Å²) < 4.78 is 0. The van der Waals surface area contributed by atoms with Crippen LogP contribution in [0.1, 0.15) is 32.4 Å². The Morgan fingerprint density at radius 2 is 2.24 bits per heavy atom. The Balaban J connectivity index is 2.99. The van der Waals surface area contributed by atoms with Crippen LogP contribution < -0.4 is 4.90 Å². The van der Waals surface area contributed by atoms with Crippen molar-refractivity contribution in [1.82, 2.24) is 4.98 Å². The Bertz CT molecular complexity index is 398. The summed E-state index contributed by atoms with van der Waals surface area (Å²) in [5.74, 6) is 0.714. The standard InChI is InChI=1S/C13H19N3O/c1-4-16(9-10(2)8-14)13-12(11(3)17)6-5-7-15-13/h5-7,10-11,17H,4,9H2,1-3H3. The maximum absolute atomic E-state index is 9.71. The van der Waals surface area contributed by atoms with Crippen LogP contribution in [0.5, 0.6) is 0 Å². The number of pyridine rings is 1. The predicted octanol–water partition coefficient (Wildman–Crippen LogP) is 2.12. The molecule has 4 nitrogen and oxygen atoms in total. The van der Waals surface area contributed by atoms with Crippen molar-refractivity contribution < 1.29 is 5.11 Å². The highest BCUT2D eigenvalue weighted by molar-refractivity contribution is 5.47. The van der Waals surface area contributed by atoms with Gasteiger partial charge in [-0.05, 0) is 26.8 Å². The van der Waals surface area contributed by atoms with Gasteiger partial charge in [-0.25, -0.2) is 4.98 Å². The molecule has 0 aliphatic heterocycles. The number of anilines is 1. The predicted molar refractivity (Wildman–Crippen MR) is 67.5 cm³/mol. The highest BCUT2D eigenvalue weighted by Gasteiger charge is 2.16. The lowest BCUT2D eigenvalue weighted by Crippen LogP contribution is -2.29. The first-order valence-electron chi connectivity index (χ1n) is 5.87. The Morgan fingerprint density at radius 3 is 2.76 bits per heavy atom. The minimum Gasteiger partial charge on any atom is -0.389 e. The van der Waals surface area contributed by atoms with E-state index in [2.05, 4.69) is 11.1 Å². The fourth-order valence-corrected chi connectivity index (χ4v) is 1.74. The van der Waals surface area contributed by atoms with Crippen molar-refractivity contribution in [3.05, 3.63) is 23.9 Å². The van der Waals surface area contributed by atoms with Crippen LogP contribution in [0.15, 0.2) is 18.3 Å². The third kappa shape index (κ3) is 3.43. The van der Waals surface area contributed by atoms with Crippen LogP contribution in [-0.4, -0.2) is 23.2 Å². The highest BCUT2D eigenvalue weighted by atomic mass is 16.3. The summed E-state index contributed by atoms with van der Waals surface area (Å²) in [4.78, 5) is 6.34. The number of hydrogen-bond donors (Lipinski definition) is 1. The minimum atomic E-state index is -0.551. The molecule has 1 aromatic rings. The first-order valence-corrected chi connectivity index (χ1v) is 5.87. The van der Waals surface area contributed by atoms with Gasteiger partial charge in [-0.3, -0.25) is 0 Å². The third-order valence-electron chi connectivity index (χ3n) is 2.66. The number of nitrogens with zero attached hydrogens (tertiary/aromatic N) is 3. The van der Waals surface area contributed by atoms with Gasteiger partial charge < -0.3 is 10.0 Å². The average molecular weight is 233 g/mol. The highest BCUT2D eigenvalue weighted by Crippen LogP contribution is 2.24. The van der Waals surface area contributed by atoms with E-state index in [9.17, 15) is 5.11 Å². The second-order valence-corrected chi connectivity index (χ2v) is 4.16. The van der Waals surface area contributed by atoms with Gasteiger partial charge in [0.1, 0.15) is 5.82 Å². The first-order chi connectivity index (χ1) is 8.10. The molecule has 0 aliphatic rings. The molecule has 1 rings (SSSR count). The number of hydrogen-bond acceptors (Lipinski definition) is 4. The van der Waals surface area contributed by atoms with E-state index >= 15 is 0 Å². The summed E-state index contributed by atoms with van der Waals surface area (Å²) in [5, 5.41) is 18.6. The summed E-state index contributed by atoms with van der Waals surface area (Å²) in [5.41, 5.74) is 0.805. The van der Waals surface area contributed by atoms with E-state index < -0.39 is 6.10 Å². The SMILES string of the molecule is CCN(CC(C)C#N)c1ncccc1C(C)O. The van der Waals surface area contributed by atoms with Crippen LogP contribution in [0, 0.1) is 17.2 Å². The second-order valence-electron chi connectivity index (χ2n) is 4.16. The van der Waals surface area contributed by atoms with Crippen molar-refractivity contribution in [3.63, 3.8) is 0 Å². The molecular formula is C13H19N3O. The van der Waals surface area contributed by atoms with Crippen molar-refractivity contribution in [1.29, 1.82) is 5.26 Å². The number of nitriles is 1. The van der Waals surface area contributed by atoms with Crippen molar-refractivity contribution in [2.24, 2.45) is 5.92 Å². The molecule has 1 aromatic heterocycles. The summed E-state index contributed by atoms with van der Waals surface area (Å²) >= 11 is 0. The third-order valence-corrected chi connectivity index (χ3v) is 2.66. The largest absolute Gasteiger partial charge is 0.389 e. The normalized spacial score (nSPS) is 13.8. The molecule has 92 valence electrons. The van der Waals surface area contributed by atoms with E-state index in [4.69, 9.17) is 5.26 Å². The number of rotatable bonds is 5. The molecule has 0 fully saturated rings. The molecule has 0 bridgehead atoms. The van der Waals surface area contributed by atoms with Crippen molar-refractivity contribution in [2.75, 3.05) is 18.0 Å². The lowest BCUT2D eigenvalue weighted by Gasteiger charge is -2.26. The number of aliphatic hydroxyl groups is 1. The van der Waals surface area contributed by atoms with Gasteiger partial charge in [-0.2, -0.15) is 5.26 Å². The smallest absolute Gasteiger partial charge is 0.134 e. The fourth-order valence-electron chi connectivity index (χ4n) is 1.74. The van der Waals surface area contributed by atoms with Crippen LogP contribution in [0.4, 0.5) is 5.82 Å². The molecule has 1 N–H and O–H groups in total. The molecule has 0 aromatic carbocycles. The van der Waals surface area contributed by atoms with Gasteiger partial charge in [0.25, 0.3) is 0 Å². The van der Waals surface area contributed by atoms with E-state index in [0.717, 1.165) is 17.9 Å². The summed E-state index contributed by atoms with van der Waals surface area (Å²) in [6.45, 7) is 7.02. The zero-order valence-corrected chi connectivity index (χ0v) is 10.6. The second kappa shape index (κ2) is 6.21. The van der Waals surface area contributed by atoms with Gasteiger partial charge in [0.05, 0.1) is 18.1 Å².